The number of aromatic nitrogens is 2. The van der Waals surface area contributed by atoms with Gasteiger partial charge in [0.2, 0.25) is 11.8 Å². The smallest absolute Gasteiger partial charge is 0.275 e. The maximum absolute atomic E-state index is 12.5. The molecule has 0 aromatic carbocycles. The fourth-order valence-corrected chi connectivity index (χ4v) is 2.17. The van der Waals surface area contributed by atoms with Crippen LogP contribution >= 0.6 is 0 Å². The molecule has 8 nitrogen and oxygen atoms in total. The van der Waals surface area contributed by atoms with Crippen molar-refractivity contribution in [2.45, 2.75) is 26.3 Å². The minimum absolute atomic E-state index is 0.106. The van der Waals surface area contributed by atoms with Gasteiger partial charge in [-0.2, -0.15) is 0 Å². The number of carbonyl (C=O) groups is 3. The van der Waals surface area contributed by atoms with Gasteiger partial charge in [0.05, 0.1) is 12.4 Å². The lowest BCUT2D eigenvalue weighted by molar-refractivity contribution is -0.138. The lowest BCUT2D eigenvalue weighted by Crippen LogP contribution is -2.59. The average molecular weight is 291 g/mol. The number of carbonyl (C=O) groups excluding carboxylic acids is 3. The Hall–Kier alpha value is -2.51. The number of rotatable bonds is 4. The third-order valence-corrected chi connectivity index (χ3v) is 3.11. The molecule has 1 fully saturated rings. The van der Waals surface area contributed by atoms with Crippen molar-refractivity contribution < 1.29 is 14.4 Å². The van der Waals surface area contributed by atoms with Gasteiger partial charge in [-0.3, -0.25) is 24.7 Å². The molecule has 112 valence electrons. The fourth-order valence-electron chi connectivity index (χ4n) is 2.17. The quantitative estimate of drug-likeness (QED) is 0.744. The zero-order chi connectivity index (χ0) is 15.4. The highest BCUT2D eigenvalue weighted by Gasteiger charge is 2.36. The van der Waals surface area contributed by atoms with E-state index in [0.29, 0.717) is 18.8 Å². The predicted octanol–water partition coefficient (Wildman–Crippen LogP) is -0.214. The van der Waals surface area contributed by atoms with E-state index < -0.39 is 23.8 Å². The van der Waals surface area contributed by atoms with E-state index in [9.17, 15) is 14.4 Å². The number of hydrogen-bond donors (Lipinski definition) is 2. The molecule has 2 heterocycles. The first-order valence-electron chi connectivity index (χ1n) is 6.77. The molecule has 1 atom stereocenters. The van der Waals surface area contributed by atoms with Gasteiger partial charge in [0, 0.05) is 6.54 Å². The minimum atomic E-state index is -0.667. The zero-order valence-corrected chi connectivity index (χ0v) is 11.9. The molecule has 8 heteroatoms. The summed E-state index contributed by atoms with van der Waals surface area (Å²) in [7, 11) is 0. The van der Waals surface area contributed by atoms with Crippen LogP contribution in [0.3, 0.4) is 0 Å². The molecule has 21 heavy (non-hydrogen) atoms. The van der Waals surface area contributed by atoms with Crippen molar-refractivity contribution in [3.63, 3.8) is 0 Å². The SMILES string of the molecule is CCNc1cncc(C(=O)N2CC(=O)NC(=O)C2CC)n1. The second kappa shape index (κ2) is 6.29. The van der Waals surface area contributed by atoms with E-state index in [2.05, 4.69) is 20.6 Å². The molecule has 0 radical (unpaired) electrons. The summed E-state index contributed by atoms with van der Waals surface area (Å²) >= 11 is 0. The van der Waals surface area contributed by atoms with Crippen molar-refractivity contribution >= 4 is 23.5 Å². The van der Waals surface area contributed by atoms with E-state index in [0.717, 1.165) is 0 Å². The summed E-state index contributed by atoms with van der Waals surface area (Å²) < 4.78 is 0. The maximum Gasteiger partial charge on any atom is 0.275 e. The summed E-state index contributed by atoms with van der Waals surface area (Å²) in [4.78, 5) is 45.1. The second-order valence-electron chi connectivity index (χ2n) is 4.59. The summed E-state index contributed by atoms with van der Waals surface area (Å²) in [6.07, 6.45) is 3.25. The van der Waals surface area contributed by atoms with Crippen LogP contribution in [0.5, 0.6) is 0 Å². The van der Waals surface area contributed by atoms with E-state index in [4.69, 9.17) is 0 Å². The van der Waals surface area contributed by atoms with Crippen LogP contribution in [0.15, 0.2) is 12.4 Å². The van der Waals surface area contributed by atoms with Gasteiger partial charge < -0.3 is 10.2 Å². The Morgan fingerprint density at radius 1 is 1.43 bits per heavy atom. The van der Waals surface area contributed by atoms with Crippen LogP contribution in [-0.4, -0.2) is 51.7 Å². The van der Waals surface area contributed by atoms with Gasteiger partial charge in [-0.05, 0) is 13.3 Å². The molecule has 1 unspecified atom stereocenters. The number of piperazine rings is 1. The molecule has 1 aromatic rings. The molecule has 2 rings (SSSR count). The summed E-state index contributed by atoms with van der Waals surface area (Å²) in [5, 5.41) is 5.19. The molecule has 1 aromatic heterocycles. The van der Waals surface area contributed by atoms with Crippen molar-refractivity contribution in [1.82, 2.24) is 20.2 Å². The van der Waals surface area contributed by atoms with E-state index in [-0.39, 0.29) is 12.2 Å². The minimum Gasteiger partial charge on any atom is -0.369 e. The zero-order valence-electron chi connectivity index (χ0n) is 11.9. The summed E-state index contributed by atoms with van der Waals surface area (Å²) in [5.41, 5.74) is 0.106. The van der Waals surface area contributed by atoms with E-state index in [1.165, 1.54) is 17.3 Å². The summed E-state index contributed by atoms with van der Waals surface area (Å²) in [6, 6.07) is -0.667. The van der Waals surface area contributed by atoms with Crippen LogP contribution in [-0.2, 0) is 9.59 Å². The van der Waals surface area contributed by atoms with Crippen molar-refractivity contribution in [2.75, 3.05) is 18.4 Å². The molecule has 0 saturated carbocycles. The van der Waals surface area contributed by atoms with E-state index in [1.807, 2.05) is 6.92 Å². The van der Waals surface area contributed by atoms with Crippen LogP contribution in [0, 0.1) is 0 Å². The molecule has 1 aliphatic heterocycles. The molecule has 0 spiro atoms. The van der Waals surface area contributed by atoms with Crippen LogP contribution in [0.1, 0.15) is 30.8 Å². The van der Waals surface area contributed by atoms with Gasteiger partial charge >= 0.3 is 0 Å². The largest absolute Gasteiger partial charge is 0.369 e. The van der Waals surface area contributed by atoms with E-state index >= 15 is 0 Å². The van der Waals surface area contributed by atoms with Crippen LogP contribution in [0.4, 0.5) is 5.82 Å². The number of hydrogen-bond acceptors (Lipinski definition) is 6. The fraction of sp³-hybridized carbons (Fsp3) is 0.462. The monoisotopic (exact) mass is 291 g/mol. The highest BCUT2D eigenvalue weighted by atomic mass is 16.2. The first-order chi connectivity index (χ1) is 10.1. The van der Waals surface area contributed by atoms with Crippen molar-refractivity contribution in [3.8, 4) is 0 Å². The molecule has 1 saturated heterocycles. The van der Waals surface area contributed by atoms with Gasteiger partial charge in [0.1, 0.15) is 24.1 Å². The van der Waals surface area contributed by atoms with Crippen LogP contribution in [0.25, 0.3) is 0 Å². The molecular formula is C13H17N5O3. The standard InChI is InChI=1S/C13H17N5O3/c1-3-9-12(20)17-11(19)7-18(9)13(21)8-5-14-6-10(16-8)15-4-2/h5-6,9H,3-4,7H2,1-2H3,(H,15,16)(H,17,19,20). The number of imide groups is 1. The second-order valence-corrected chi connectivity index (χ2v) is 4.59. The Labute approximate surface area is 121 Å². The Bertz CT molecular complexity index is 575. The molecule has 1 aliphatic rings. The number of amides is 3. The van der Waals surface area contributed by atoms with Gasteiger partial charge in [0.25, 0.3) is 5.91 Å². The molecule has 3 amide bonds. The third-order valence-electron chi connectivity index (χ3n) is 3.11. The van der Waals surface area contributed by atoms with Gasteiger partial charge in [-0.15, -0.1) is 0 Å². The molecular weight excluding hydrogens is 274 g/mol. The topological polar surface area (TPSA) is 104 Å². The van der Waals surface area contributed by atoms with E-state index in [1.54, 1.807) is 6.92 Å². The normalized spacial score (nSPS) is 18.4. The van der Waals surface area contributed by atoms with Crippen molar-refractivity contribution in [3.05, 3.63) is 18.1 Å². The maximum atomic E-state index is 12.5. The number of nitrogens with one attached hydrogen (secondary N) is 2. The Balaban J connectivity index is 2.26. The summed E-state index contributed by atoms with van der Waals surface area (Å²) in [5.74, 6) is -0.951. The Morgan fingerprint density at radius 2 is 2.19 bits per heavy atom. The van der Waals surface area contributed by atoms with Crippen molar-refractivity contribution in [1.29, 1.82) is 0 Å². The first kappa shape index (κ1) is 14.9. The molecule has 0 aliphatic carbocycles. The lowest BCUT2D eigenvalue weighted by Gasteiger charge is -2.33. The Morgan fingerprint density at radius 3 is 2.86 bits per heavy atom. The highest BCUT2D eigenvalue weighted by molar-refractivity contribution is 6.06. The van der Waals surface area contributed by atoms with Gasteiger partial charge in [0.15, 0.2) is 0 Å². The van der Waals surface area contributed by atoms with Crippen molar-refractivity contribution in [2.24, 2.45) is 0 Å². The number of anilines is 1. The lowest BCUT2D eigenvalue weighted by atomic mass is 10.1. The van der Waals surface area contributed by atoms with Gasteiger partial charge in [-0.25, -0.2) is 4.98 Å². The van der Waals surface area contributed by atoms with Gasteiger partial charge in [-0.1, -0.05) is 6.92 Å². The van der Waals surface area contributed by atoms with Crippen LogP contribution in [0.2, 0.25) is 0 Å². The predicted molar refractivity (Wildman–Crippen MR) is 74.5 cm³/mol. The van der Waals surface area contributed by atoms with Crippen LogP contribution < -0.4 is 10.6 Å². The molecule has 0 bridgehead atoms. The summed E-state index contributed by atoms with van der Waals surface area (Å²) in [6.45, 7) is 4.17. The first-order valence-corrected chi connectivity index (χ1v) is 6.77. The molecule has 2 N–H and O–H groups in total. The third kappa shape index (κ3) is 3.15. The highest BCUT2D eigenvalue weighted by Crippen LogP contribution is 2.13. The average Bonchev–Trinajstić information content (AvgIpc) is 2.46. The Kier molecular flexibility index (Phi) is 4.46. The number of nitrogens with zero attached hydrogens (tertiary/aromatic N) is 3.